The van der Waals surface area contributed by atoms with Crippen LogP contribution in [-0.4, -0.2) is 6.54 Å². The van der Waals surface area contributed by atoms with Crippen molar-refractivity contribution in [2.75, 3.05) is 6.54 Å². The van der Waals surface area contributed by atoms with Crippen molar-refractivity contribution in [3.05, 3.63) is 57.5 Å². The summed E-state index contributed by atoms with van der Waals surface area (Å²) in [7, 11) is 0. The van der Waals surface area contributed by atoms with Gasteiger partial charge in [-0.25, -0.2) is 0 Å². The van der Waals surface area contributed by atoms with Gasteiger partial charge in [0.2, 0.25) is 0 Å². The van der Waals surface area contributed by atoms with Crippen molar-refractivity contribution in [1.82, 2.24) is 5.32 Å². The molecule has 0 radical (unpaired) electrons. The molecule has 0 aliphatic heterocycles. The zero-order valence-electron chi connectivity index (χ0n) is 12.2. The van der Waals surface area contributed by atoms with Crippen LogP contribution < -0.4 is 5.32 Å². The van der Waals surface area contributed by atoms with E-state index in [1.807, 2.05) is 24.3 Å². The maximum absolute atomic E-state index is 6.21. The highest BCUT2D eigenvalue weighted by Crippen LogP contribution is 2.36. The Morgan fingerprint density at radius 1 is 1.24 bits per heavy atom. The molecule has 2 aromatic rings. The molecule has 0 aromatic heterocycles. The molecule has 4 heteroatoms. The number of halogens is 2. The van der Waals surface area contributed by atoms with Gasteiger partial charge in [0.15, 0.2) is 0 Å². The van der Waals surface area contributed by atoms with Crippen LogP contribution >= 0.6 is 39.3 Å². The monoisotopic (exact) mass is 383 g/mol. The van der Waals surface area contributed by atoms with E-state index in [1.54, 1.807) is 11.8 Å². The van der Waals surface area contributed by atoms with E-state index in [-0.39, 0.29) is 0 Å². The second-order valence-corrected chi connectivity index (χ2v) is 7.27. The third-order valence-electron chi connectivity index (χ3n) is 3.20. The number of benzene rings is 2. The molecule has 1 N–H and O–H groups in total. The van der Waals surface area contributed by atoms with Gasteiger partial charge < -0.3 is 5.32 Å². The van der Waals surface area contributed by atoms with Crippen LogP contribution in [0.5, 0.6) is 0 Å². The Morgan fingerprint density at radius 2 is 2.00 bits per heavy atom. The van der Waals surface area contributed by atoms with Gasteiger partial charge in [0.05, 0.1) is 5.02 Å². The van der Waals surface area contributed by atoms with Crippen LogP contribution in [0.1, 0.15) is 31.9 Å². The van der Waals surface area contributed by atoms with E-state index in [0.717, 1.165) is 27.4 Å². The summed E-state index contributed by atoms with van der Waals surface area (Å²) in [5.41, 5.74) is 1.28. The van der Waals surface area contributed by atoms with Gasteiger partial charge in [-0.2, -0.15) is 0 Å². The van der Waals surface area contributed by atoms with Crippen LogP contribution in [0.25, 0.3) is 0 Å². The molecule has 0 spiro atoms. The minimum absolute atomic E-state index is 0.346. The van der Waals surface area contributed by atoms with E-state index in [1.165, 1.54) is 10.5 Å². The molecule has 1 atom stereocenters. The normalized spacial score (nSPS) is 12.4. The largest absolute Gasteiger partial charge is 0.310 e. The molecule has 112 valence electrons. The second kappa shape index (κ2) is 8.23. The number of nitrogens with one attached hydrogen (secondary N) is 1. The van der Waals surface area contributed by atoms with E-state index in [2.05, 4.69) is 53.3 Å². The third-order valence-corrected chi connectivity index (χ3v) is 5.40. The average molecular weight is 385 g/mol. The summed E-state index contributed by atoms with van der Waals surface area (Å²) < 4.78 is 1.13. The maximum atomic E-state index is 6.21. The summed E-state index contributed by atoms with van der Waals surface area (Å²) in [5.74, 6) is 0. The van der Waals surface area contributed by atoms with E-state index >= 15 is 0 Å². The molecular weight excluding hydrogens is 366 g/mol. The SMILES string of the molecule is CCCNC(C)c1ccc(Sc2ccccc2Cl)cc1Br. The number of hydrogen-bond donors (Lipinski definition) is 1. The Morgan fingerprint density at radius 3 is 2.67 bits per heavy atom. The lowest BCUT2D eigenvalue weighted by atomic mass is 10.1. The standard InChI is InChI=1S/C17H19BrClNS/c1-3-10-20-12(2)14-9-8-13(11-15(14)18)21-17-7-5-4-6-16(17)19/h4-9,11-12,20H,3,10H2,1-2H3. The third kappa shape index (κ3) is 4.75. The first-order valence-electron chi connectivity index (χ1n) is 7.07. The molecule has 0 aliphatic rings. The van der Waals surface area contributed by atoms with Crippen LogP contribution in [0, 0.1) is 0 Å². The molecule has 0 amide bonds. The predicted octanol–water partition coefficient (Wildman–Crippen LogP) is 6.31. The summed E-state index contributed by atoms with van der Waals surface area (Å²) in [6.07, 6.45) is 1.14. The van der Waals surface area contributed by atoms with Gasteiger partial charge in [-0.05, 0) is 49.7 Å². The van der Waals surface area contributed by atoms with Gasteiger partial charge in [0.1, 0.15) is 0 Å². The molecule has 2 rings (SSSR count). The van der Waals surface area contributed by atoms with Crippen LogP contribution in [0.4, 0.5) is 0 Å². The predicted molar refractivity (Wildman–Crippen MR) is 96.4 cm³/mol. The topological polar surface area (TPSA) is 12.0 Å². The van der Waals surface area contributed by atoms with Crippen molar-refractivity contribution in [3.63, 3.8) is 0 Å². The van der Waals surface area contributed by atoms with Crippen LogP contribution in [0.15, 0.2) is 56.7 Å². The molecule has 1 nitrogen and oxygen atoms in total. The van der Waals surface area contributed by atoms with Crippen molar-refractivity contribution in [1.29, 1.82) is 0 Å². The molecule has 0 fully saturated rings. The van der Waals surface area contributed by atoms with Crippen molar-refractivity contribution < 1.29 is 0 Å². The lowest BCUT2D eigenvalue weighted by molar-refractivity contribution is 0.568. The fraction of sp³-hybridized carbons (Fsp3) is 0.294. The van der Waals surface area contributed by atoms with E-state index < -0.39 is 0 Å². The Bertz CT molecular complexity index is 603. The van der Waals surface area contributed by atoms with Gasteiger partial charge in [-0.1, -0.05) is 64.4 Å². The molecule has 0 heterocycles. The second-order valence-electron chi connectivity index (χ2n) is 4.89. The zero-order valence-corrected chi connectivity index (χ0v) is 15.4. The fourth-order valence-corrected chi connectivity index (χ4v) is 4.05. The number of hydrogen-bond acceptors (Lipinski definition) is 2. The highest BCUT2D eigenvalue weighted by atomic mass is 79.9. The smallest absolute Gasteiger partial charge is 0.0545 e. The Kier molecular flexibility index (Phi) is 6.62. The molecule has 0 bridgehead atoms. The van der Waals surface area contributed by atoms with Gasteiger partial charge in [0, 0.05) is 20.3 Å². The molecule has 21 heavy (non-hydrogen) atoms. The van der Waals surface area contributed by atoms with Gasteiger partial charge >= 0.3 is 0 Å². The summed E-state index contributed by atoms with van der Waals surface area (Å²) in [6, 6.07) is 14.8. The van der Waals surface area contributed by atoms with Crippen molar-refractivity contribution in [2.45, 2.75) is 36.1 Å². The fourth-order valence-electron chi connectivity index (χ4n) is 2.05. The highest BCUT2D eigenvalue weighted by Gasteiger charge is 2.10. The zero-order chi connectivity index (χ0) is 15.2. The van der Waals surface area contributed by atoms with Crippen molar-refractivity contribution in [3.8, 4) is 0 Å². The summed E-state index contributed by atoms with van der Waals surface area (Å²) >= 11 is 11.6. The first-order chi connectivity index (χ1) is 10.1. The molecule has 0 aliphatic carbocycles. The average Bonchev–Trinajstić information content (AvgIpc) is 2.47. The highest BCUT2D eigenvalue weighted by molar-refractivity contribution is 9.10. The Balaban J connectivity index is 2.14. The maximum Gasteiger partial charge on any atom is 0.0545 e. The first-order valence-corrected chi connectivity index (χ1v) is 9.05. The van der Waals surface area contributed by atoms with Crippen molar-refractivity contribution in [2.24, 2.45) is 0 Å². The lowest BCUT2D eigenvalue weighted by Crippen LogP contribution is -2.19. The lowest BCUT2D eigenvalue weighted by Gasteiger charge is -2.16. The minimum Gasteiger partial charge on any atom is -0.310 e. The van der Waals surface area contributed by atoms with Crippen molar-refractivity contribution >= 4 is 39.3 Å². The first kappa shape index (κ1) is 16.9. The minimum atomic E-state index is 0.346. The van der Waals surface area contributed by atoms with Crippen LogP contribution in [0.2, 0.25) is 5.02 Å². The van der Waals surface area contributed by atoms with Gasteiger partial charge in [-0.3, -0.25) is 0 Å². The van der Waals surface area contributed by atoms with E-state index in [9.17, 15) is 0 Å². The Labute approximate surface area is 144 Å². The Hall–Kier alpha value is -0.480. The van der Waals surface area contributed by atoms with Gasteiger partial charge in [0.25, 0.3) is 0 Å². The molecule has 0 saturated heterocycles. The van der Waals surface area contributed by atoms with E-state index in [0.29, 0.717) is 6.04 Å². The van der Waals surface area contributed by atoms with Crippen LogP contribution in [0.3, 0.4) is 0 Å². The van der Waals surface area contributed by atoms with Gasteiger partial charge in [-0.15, -0.1) is 0 Å². The number of rotatable bonds is 6. The van der Waals surface area contributed by atoms with E-state index in [4.69, 9.17) is 11.6 Å². The molecule has 0 saturated carbocycles. The molecular formula is C17H19BrClNS. The molecule has 2 aromatic carbocycles. The summed E-state index contributed by atoms with van der Waals surface area (Å²) in [6.45, 7) is 5.40. The quantitative estimate of drug-likeness (QED) is 0.626. The summed E-state index contributed by atoms with van der Waals surface area (Å²) in [5, 5.41) is 4.30. The van der Waals surface area contributed by atoms with Crippen LogP contribution in [-0.2, 0) is 0 Å². The molecule has 1 unspecified atom stereocenters. The summed E-state index contributed by atoms with van der Waals surface area (Å²) in [4.78, 5) is 2.26.